The maximum absolute atomic E-state index is 13.3. The van der Waals surface area contributed by atoms with Crippen molar-refractivity contribution in [2.24, 2.45) is 0 Å². The van der Waals surface area contributed by atoms with E-state index in [9.17, 15) is 45.5 Å². The molecule has 8 aromatic heterocycles. The number of anilines is 2. The quantitative estimate of drug-likeness (QED) is 0.0302. The third kappa shape index (κ3) is 17.9. The second-order valence-electron chi connectivity index (χ2n) is 25.4. The minimum Gasteiger partial charge on any atom is -0.423 e. The first-order chi connectivity index (χ1) is 52.7. The molecule has 0 saturated heterocycles. The number of aromatic nitrogens is 12. The maximum Gasteiger partial charge on any atom is 0.490 e. The van der Waals surface area contributed by atoms with Crippen LogP contribution in [0.25, 0.3) is 77.4 Å². The number of hydrogen-bond acceptors (Lipinski definition) is 20. The van der Waals surface area contributed by atoms with Crippen molar-refractivity contribution in [3.8, 4) is 33.8 Å². The van der Waals surface area contributed by atoms with Crippen molar-refractivity contribution in [1.82, 2.24) is 56.8 Å². The fraction of sp³-hybridized carbons (Fsp3) is 0.154. The van der Waals surface area contributed by atoms with Gasteiger partial charge < -0.3 is 35.9 Å². The van der Waals surface area contributed by atoms with Crippen LogP contribution in [0.15, 0.2) is 277 Å². The number of rotatable bonds is 14. The molecule has 2 aliphatic carbocycles. The van der Waals surface area contributed by atoms with Crippen molar-refractivity contribution in [3.05, 3.63) is 278 Å². The van der Waals surface area contributed by atoms with E-state index in [-0.39, 0.29) is 49.0 Å². The van der Waals surface area contributed by atoms with E-state index in [0.717, 1.165) is 93.8 Å². The van der Waals surface area contributed by atoms with Gasteiger partial charge >= 0.3 is 7.12 Å². The molecule has 0 radical (unpaired) electrons. The van der Waals surface area contributed by atoms with Gasteiger partial charge in [-0.15, -0.1) is 0 Å². The van der Waals surface area contributed by atoms with Crippen molar-refractivity contribution < 1.29 is 45.5 Å². The van der Waals surface area contributed by atoms with Crippen molar-refractivity contribution in [2.75, 3.05) is 10.6 Å². The molecule has 24 nitrogen and oxygen atoms in total. The molecule has 15 aromatic rings. The Kier molecular flexibility index (Phi) is 24.0. The van der Waals surface area contributed by atoms with Crippen LogP contribution in [0.4, 0.5) is 11.9 Å². The monoisotopic (exact) mass is 1570 g/mol. The van der Waals surface area contributed by atoms with Gasteiger partial charge in [-0.3, -0.25) is 0 Å². The van der Waals surface area contributed by atoms with Gasteiger partial charge in [0.2, 0.25) is 22.5 Å². The van der Waals surface area contributed by atoms with Crippen molar-refractivity contribution in [1.29, 1.82) is 0 Å². The lowest BCUT2D eigenvalue weighted by Gasteiger charge is -2.26. The molecule has 2 saturated carbocycles. The number of aliphatic hydroxyl groups excluding tert-OH is 2. The Morgan fingerprint density at radius 3 is 1.17 bits per heavy atom. The van der Waals surface area contributed by atoms with Crippen LogP contribution in [-0.2, 0) is 30.1 Å². The van der Waals surface area contributed by atoms with E-state index in [0.29, 0.717) is 62.0 Å². The maximum atomic E-state index is 13.3. The number of aliphatic hydroxyl groups is 2. The number of H-pyrrole nitrogens is 1. The second kappa shape index (κ2) is 34.2. The molecule has 0 atom stereocenters. The zero-order chi connectivity index (χ0) is 76.2. The summed E-state index contributed by atoms with van der Waals surface area (Å²) in [5.41, 5.74) is 7.47. The second-order valence-corrected chi connectivity index (χ2v) is 31.9. The molecule has 0 bridgehead atoms. The first kappa shape index (κ1) is 76.4. The van der Waals surface area contributed by atoms with E-state index in [1.807, 2.05) is 54.7 Å². The predicted molar refractivity (Wildman–Crippen MR) is 425 cm³/mol. The average Bonchev–Trinajstić information content (AvgIpc) is 1.63. The Hall–Kier alpha value is -10.8. The molecular formula is C78H70BCl3N14O10S3. The minimum absolute atomic E-state index is 0.111. The van der Waals surface area contributed by atoms with Gasteiger partial charge in [-0.1, -0.05) is 139 Å². The number of aromatic amines is 1. The van der Waals surface area contributed by atoms with Crippen LogP contribution in [0.1, 0.15) is 51.4 Å². The van der Waals surface area contributed by atoms with Gasteiger partial charge in [0.25, 0.3) is 30.1 Å². The number of nitrogens with zero attached hydrogens (tertiary/aromatic N) is 11. The van der Waals surface area contributed by atoms with Crippen molar-refractivity contribution in [2.45, 2.75) is 90.3 Å². The highest BCUT2D eigenvalue weighted by Gasteiger charge is 2.28. The van der Waals surface area contributed by atoms with Crippen molar-refractivity contribution in [3.63, 3.8) is 0 Å². The van der Waals surface area contributed by atoms with Gasteiger partial charge in [-0.05, 0) is 159 Å². The van der Waals surface area contributed by atoms with Crippen molar-refractivity contribution >= 4 is 133 Å². The van der Waals surface area contributed by atoms with E-state index < -0.39 is 37.2 Å². The molecule has 109 heavy (non-hydrogen) atoms. The fourth-order valence-corrected chi connectivity index (χ4v) is 17.5. The molecule has 17 rings (SSSR count). The van der Waals surface area contributed by atoms with E-state index >= 15 is 0 Å². The molecule has 0 amide bonds. The molecule has 8 heterocycles. The predicted octanol–water partition coefficient (Wildman–Crippen LogP) is 13.7. The highest BCUT2D eigenvalue weighted by molar-refractivity contribution is 7.90. The van der Waals surface area contributed by atoms with E-state index in [1.54, 1.807) is 171 Å². The third-order valence-electron chi connectivity index (χ3n) is 18.2. The van der Waals surface area contributed by atoms with Gasteiger partial charge in [0.1, 0.15) is 5.15 Å². The zero-order valence-corrected chi connectivity index (χ0v) is 62.6. The lowest BCUT2D eigenvalue weighted by molar-refractivity contribution is 0.125. The minimum atomic E-state index is -3.78. The molecular weight excluding hydrogens is 1510 g/mol. The summed E-state index contributed by atoms with van der Waals surface area (Å²) in [6.45, 7) is 0. The lowest BCUT2D eigenvalue weighted by Crippen LogP contribution is -2.29. The van der Waals surface area contributed by atoms with Crippen LogP contribution < -0.4 is 16.1 Å². The summed E-state index contributed by atoms with van der Waals surface area (Å²) < 4.78 is 81.9. The van der Waals surface area contributed by atoms with Gasteiger partial charge in [0.05, 0.1) is 60.5 Å². The van der Waals surface area contributed by atoms with Gasteiger partial charge in [0, 0.05) is 111 Å². The largest absolute Gasteiger partial charge is 0.490 e. The summed E-state index contributed by atoms with van der Waals surface area (Å²) in [5, 5.41) is 48.8. The Morgan fingerprint density at radius 2 is 0.743 bits per heavy atom. The fourth-order valence-electron chi connectivity index (χ4n) is 12.8. The highest BCUT2D eigenvalue weighted by Crippen LogP contribution is 2.36. The number of halogens is 3. The number of hydrogen-bond donors (Lipinski definition) is 7. The Labute approximate surface area is 643 Å². The van der Waals surface area contributed by atoms with Crippen LogP contribution in [0.3, 0.4) is 0 Å². The van der Waals surface area contributed by atoms with E-state index in [1.165, 1.54) is 32.5 Å². The summed E-state index contributed by atoms with van der Waals surface area (Å²) in [6, 6.07) is 61.9. The molecule has 7 aromatic carbocycles. The standard InChI is InChI=1S/C24H24N4O3S.C18H12ClN3O2S.C18H20N4O.C14H12BNO4S.C4H2Cl2N2/c29-18-12-10-17(11-13-18)26-24-25-15-14-22(27-24)21-16-28(23-9-5-4-8-20(21)23)32(30,31)19-6-2-1-3-7-19;19-18-20-11-10-16(21-18)15-12-22(17-9-5-4-8-14(15)17)25(23,24)13-6-2-1-3-7-13;23-13-7-5-12(6-8-13)21-18-19-10-9-17(22-18)15-11-20-16-4-2-1-3-14(15)16;17-15(18)13-10-16(14-9-5-4-8-12(13)14)21(19,20)11-6-2-1-3-7-11;5-3-1-2-7-4(6)8-3/h1-9,14-18,29H,10-13H2,(H,25,26,27);1-12H;1-4,9-13,20,23H,5-8H2,(H,19,21,22);1-10,17-18H;1-2H. The summed E-state index contributed by atoms with van der Waals surface area (Å²) in [4.78, 5) is 37.2. The lowest BCUT2D eigenvalue weighted by atomic mass is 9.80. The van der Waals surface area contributed by atoms with E-state index in [4.69, 9.17) is 34.8 Å². The molecule has 2 aliphatic rings. The first-order valence-electron chi connectivity index (χ1n) is 34.5. The third-order valence-corrected chi connectivity index (χ3v) is 23.9. The Balaban J connectivity index is 0.000000125. The SMILES string of the molecule is Clc1ccnc(Cl)n1.O=S(=O)(c1ccccc1)n1cc(-c2ccnc(Cl)n2)c2ccccc21.O=S(=O)(c1ccccc1)n1cc(-c2ccnc(NC3CCC(O)CC3)n2)c2ccccc21.O=S(=O)(c1ccccc1)n1cc(B(O)O)c2ccccc21.OC1CCC(Nc2nccc(-c3c[nH]c4ccccc34)n2)CC1. The van der Waals surface area contributed by atoms with Crippen LogP contribution >= 0.6 is 34.8 Å². The Morgan fingerprint density at radius 1 is 0.385 bits per heavy atom. The highest BCUT2D eigenvalue weighted by atomic mass is 35.5. The van der Waals surface area contributed by atoms with Gasteiger partial charge in [-0.25, -0.2) is 77.0 Å². The molecule has 0 aliphatic heterocycles. The summed E-state index contributed by atoms with van der Waals surface area (Å²) in [6.07, 6.45) is 19.5. The van der Waals surface area contributed by atoms with Crippen LogP contribution in [-0.4, -0.2) is 134 Å². The number of para-hydroxylation sites is 4. The van der Waals surface area contributed by atoms with Gasteiger partial charge in [-0.2, -0.15) is 0 Å². The summed E-state index contributed by atoms with van der Waals surface area (Å²) in [5.74, 6) is 1.17. The summed E-state index contributed by atoms with van der Waals surface area (Å²) in [7, 11) is -13.0. The average molecular weight is 1580 g/mol. The normalized spacial score (nSPS) is 15.8. The Bertz CT molecular complexity index is 6000. The first-order valence-corrected chi connectivity index (χ1v) is 40.0. The molecule has 31 heteroatoms. The number of nitrogens with one attached hydrogen (secondary N) is 3. The van der Waals surface area contributed by atoms with Crippen LogP contribution in [0, 0.1) is 0 Å². The molecule has 0 spiro atoms. The smallest absolute Gasteiger partial charge is 0.423 e. The molecule has 0 unspecified atom stereocenters. The van der Waals surface area contributed by atoms with Crippen LogP contribution in [0.5, 0.6) is 0 Å². The topological polar surface area (TPSA) is 341 Å². The number of benzene rings is 7. The molecule has 554 valence electrons. The van der Waals surface area contributed by atoms with Gasteiger partial charge in [0.15, 0.2) is 0 Å². The molecule has 2 fully saturated rings. The zero-order valence-electron chi connectivity index (χ0n) is 57.9. The molecule has 7 N–H and O–H groups in total. The van der Waals surface area contributed by atoms with Crippen LogP contribution in [0.2, 0.25) is 15.7 Å². The summed E-state index contributed by atoms with van der Waals surface area (Å²) >= 11 is 16.6. The number of fused-ring (bicyclic) bond motifs is 4. The van der Waals surface area contributed by atoms with E-state index in [2.05, 4.69) is 67.6 Å².